The second-order valence-electron chi connectivity index (χ2n) is 6.42. The number of hydrogen-bond acceptors (Lipinski definition) is 5. The Kier molecular flexibility index (Phi) is 3.07. The van der Waals surface area contributed by atoms with Crippen LogP contribution in [0.2, 0.25) is 0 Å². The molecule has 0 aromatic heterocycles. The minimum atomic E-state index is -0.696. The fourth-order valence-corrected chi connectivity index (χ4v) is 4.02. The van der Waals surface area contributed by atoms with Gasteiger partial charge in [-0.05, 0) is 26.7 Å². The molecule has 0 spiro atoms. The summed E-state index contributed by atoms with van der Waals surface area (Å²) in [7, 11) is 0. The molecule has 114 valence electrons. The van der Waals surface area contributed by atoms with Crippen LogP contribution >= 0.6 is 0 Å². The molecule has 2 aliphatic carbocycles. The van der Waals surface area contributed by atoms with Crippen molar-refractivity contribution in [1.82, 2.24) is 5.32 Å². The Bertz CT molecular complexity index is 542. The zero-order valence-electron chi connectivity index (χ0n) is 12.2. The standard InChI is InChI=1S/C15H19NO5/c1-7(2)13(18)16-6-11(17)20-12-8-4-9-10(5-8)15(12,3)21-14(9)19/h8-10,12H,1,4-6H2,2-3H3,(H,16,18). The third kappa shape index (κ3) is 2.04. The normalized spacial score (nSPS) is 39.0. The summed E-state index contributed by atoms with van der Waals surface area (Å²) in [6, 6.07) is 0. The van der Waals surface area contributed by atoms with E-state index >= 15 is 0 Å². The summed E-state index contributed by atoms with van der Waals surface area (Å²) >= 11 is 0. The van der Waals surface area contributed by atoms with Crippen molar-refractivity contribution in [3.63, 3.8) is 0 Å². The van der Waals surface area contributed by atoms with Crippen molar-refractivity contribution in [3.8, 4) is 0 Å². The molecule has 3 rings (SSSR count). The number of carbonyl (C=O) groups excluding carboxylic acids is 3. The topological polar surface area (TPSA) is 81.7 Å². The second-order valence-corrected chi connectivity index (χ2v) is 6.42. The Morgan fingerprint density at radius 3 is 2.86 bits per heavy atom. The van der Waals surface area contributed by atoms with Crippen LogP contribution in [0.4, 0.5) is 0 Å². The molecule has 3 aliphatic rings. The lowest BCUT2D eigenvalue weighted by molar-refractivity contribution is -0.173. The minimum absolute atomic E-state index is 0.0296. The van der Waals surface area contributed by atoms with Crippen LogP contribution in [-0.2, 0) is 23.9 Å². The SMILES string of the molecule is C=C(C)C(=O)NCC(=O)OC1C2CC3C(=O)OC1(C)C3C2. The van der Waals surface area contributed by atoms with Crippen LogP contribution in [-0.4, -0.2) is 36.1 Å². The monoisotopic (exact) mass is 293 g/mol. The third-order valence-electron chi connectivity index (χ3n) is 4.99. The van der Waals surface area contributed by atoms with Gasteiger partial charge in [-0.1, -0.05) is 6.58 Å². The van der Waals surface area contributed by atoms with Gasteiger partial charge in [0, 0.05) is 17.4 Å². The maximum atomic E-state index is 11.9. The Hall–Kier alpha value is -1.85. The molecular weight excluding hydrogens is 274 g/mol. The van der Waals surface area contributed by atoms with Crippen LogP contribution in [0, 0.1) is 17.8 Å². The molecule has 1 amide bonds. The average Bonchev–Trinajstić information content (AvgIpc) is 2.99. The second kappa shape index (κ2) is 4.58. The predicted molar refractivity (Wildman–Crippen MR) is 71.9 cm³/mol. The van der Waals surface area contributed by atoms with Crippen molar-refractivity contribution >= 4 is 17.8 Å². The lowest BCUT2D eigenvalue weighted by atomic mass is 9.79. The van der Waals surface area contributed by atoms with Gasteiger partial charge in [-0.15, -0.1) is 0 Å². The van der Waals surface area contributed by atoms with E-state index in [4.69, 9.17) is 9.47 Å². The number of rotatable bonds is 4. The molecule has 1 N–H and O–H groups in total. The first kappa shape index (κ1) is 14.1. The maximum Gasteiger partial charge on any atom is 0.325 e. The van der Waals surface area contributed by atoms with Gasteiger partial charge in [-0.3, -0.25) is 14.4 Å². The van der Waals surface area contributed by atoms with E-state index in [1.165, 1.54) is 0 Å². The maximum absolute atomic E-state index is 11.9. The van der Waals surface area contributed by atoms with Crippen molar-refractivity contribution in [2.24, 2.45) is 17.8 Å². The highest BCUT2D eigenvalue weighted by Crippen LogP contribution is 2.61. The number of fused-ring (bicyclic) bond motifs is 1. The van der Waals surface area contributed by atoms with E-state index in [0.717, 1.165) is 12.8 Å². The third-order valence-corrected chi connectivity index (χ3v) is 4.99. The average molecular weight is 293 g/mol. The van der Waals surface area contributed by atoms with E-state index in [0.29, 0.717) is 5.57 Å². The minimum Gasteiger partial charge on any atom is -0.456 e. The summed E-state index contributed by atoms with van der Waals surface area (Å²) in [5.74, 6) is -0.756. The molecule has 1 saturated heterocycles. The lowest BCUT2D eigenvalue weighted by Gasteiger charge is -2.34. The molecule has 21 heavy (non-hydrogen) atoms. The summed E-state index contributed by atoms with van der Waals surface area (Å²) in [5.41, 5.74) is -0.360. The van der Waals surface area contributed by atoms with E-state index in [1.54, 1.807) is 6.92 Å². The Balaban J connectivity index is 1.61. The van der Waals surface area contributed by atoms with Gasteiger partial charge in [0.05, 0.1) is 5.92 Å². The molecule has 1 heterocycles. The summed E-state index contributed by atoms with van der Waals surface area (Å²) in [5, 5.41) is 2.44. The lowest BCUT2D eigenvalue weighted by Crippen LogP contribution is -2.47. The van der Waals surface area contributed by atoms with Crippen molar-refractivity contribution < 1.29 is 23.9 Å². The molecular formula is C15H19NO5. The number of nitrogens with one attached hydrogen (secondary N) is 1. The first-order valence-corrected chi connectivity index (χ1v) is 7.19. The van der Waals surface area contributed by atoms with Crippen molar-refractivity contribution in [2.75, 3.05) is 6.54 Å². The summed E-state index contributed by atoms with van der Waals surface area (Å²) in [4.78, 5) is 35.0. The van der Waals surface area contributed by atoms with E-state index in [9.17, 15) is 14.4 Å². The van der Waals surface area contributed by atoms with Crippen LogP contribution in [0.25, 0.3) is 0 Å². The van der Waals surface area contributed by atoms with Crippen molar-refractivity contribution in [2.45, 2.75) is 38.4 Å². The van der Waals surface area contributed by atoms with E-state index in [1.807, 2.05) is 6.92 Å². The fraction of sp³-hybridized carbons (Fsp3) is 0.667. The molecule has 2 bridgehead atoms. The van der Waals surface area contributed by atoms with Gasteiger partial charge < -0.3 is 14.8 Å². The fourth-order valence-electron chi connectivity index (χ4n) is 4.02. The van der Waals surface area contributed by atoms with Gasteiger partial charge in [-0.2, -0.15) is 0 Å². The number of amides is 1. The van der Waals surface area contributed by atoms with Crippen molar-refractivity contribution in [3.05, 3.63) is 12.2 Å². The van der Waals surface area contributed by atoms with Crippen LogP contribution in [0.15, 0.2) is 12.2 Å². The molecule has 5 atom stereocenters. The first-order valence-electron chi connectivity index (χ1n) is 7.19. The van der Waals surface area contributed by atoms with Crippen molar-refractivity contribution in [1.29, 1.82) is 0 Å². The molecule has 2 saturated carbocycles. The van der Waals surface area contributed by atoms with Crippen LogP contribution in [0.3, 0.4) is 0 Å². The molecule has 5 unspecified atom stereocenters. The number of esters is 2. The molecule has 0 radical (unpaired) electrons. The summed E-state index contributed by atoms with van der Waals surface area (Å²) in [6.07, 6.45) is 1.19. The molecule has 0 aromatic rings. The molecule has 1 aliphatic heterocycles. The molecule has 3 fully saturated rings. The highest BCUT2D eigenvalue weighted by Gasteiger charge is 2.70. The van der Waals surface area contributed by atoms with E-state index in [2.05, 4.69) is 11.9 Å². The van der Waals surface area contributed by atoms with E-state index < -0.39 is 17.7 Å². The quantitative estimate of drug-likeness (QED) is 0.605. The number of carbonyl (C=O) groups is 3. The first-order chi connectivity index (χ1) is 9.83. The predicted octanol–water partition coefficient (Wildman–Crippen LogP) is 0.562. The number of ether oxygens (including phenoxy) is 2. The zero-order chi connectivity index (χ0) is 15.4. The number of hydrogen-bond donors (Lipinski definition) is 1. The van der Waals surface area contributed by atoms with Gasteiger partial charge in [0.1, 0.15) is 18.2 Å². The molecule has 0 aromatic carbocycles. The largest absolute Gasteiger partial charge is 0.456 e. The highest BCUT2D eigenvalue weighted by atomic mass is 16.6. The summed E-state index contributed by atoms with van der Waals surface area (Å²) < 4.78 is 11.0. The molecule has 6 heteroatoms. The van der Waals surface area contributed by atoms with Gasteiger partial charge in [0.2, 0.25) is 5.91 Å². The molecule has 6 nitrogen and oxygen atoms in total. The van der Waals surface area contributed by atoms with Gasteiger partial charge in [0.25, 0.3) is 0 Å². The summed E-state index contributed by atoms with van der Waals surface area (Å²) in [6.45, 7) is 6.71. The van der Waals surface area contributed by atoms with Gasteiger partial charge in [0.15, 0.2) is 0 Å². The Labute approximate surface area is 122 Å². The van der Waals surface area contributed by atoms with Crippen LogP contribution in [0.5, 0.6) is 0 Å². The van der Waals surface area contributed by atoms with Gasteiger partial charge >= 0.3 is 11.9 Å². The Morgan fingerprint density at radius 2 is 2.19 bits per heavy atom. The Morgan fingerprint density at radius 1 is 1.48 bits per heavy atom. The van der Waals surface area contributed by atoms with Crippen LogP contribution in [0.1, 0.15) is 26.7 Å². The highest BCUT2D eigenvalue weighted by molar-refractivity contribution is 5.94. The van der Waals surface area contributed by atoms with E-state index in [-0.39, 0.29) is 36.2 Å². The van der Waals surface area contributed by atoms with Crippen LogP contribution < -0.4 is 5.32 Å². The smallest absolute Gasteiger partial charge is 0.325 e. The zero-order valence-corrected chi connectivity index (χ0v) is 12.2. The van der Waals surface area contributed by atoms with Gasteiger partial charge in [-0.25, -0.2) is 0 Å².